The van der Waals surface area contributed by atoms with E-state index in [4.69, 9.17) is 0 Å². The predicted molar refractivity (Wildman–Crippen MR) is 168 cm³/mol. The number of nitrogens with one attached hydrogen (secondary N) is 1. The Kier molecular flexibility index (Phi) is 9.66. The third-order valence-electron chi connectivity index (χ3n) is 7.32. The number of aromatic nitrogens is 3. The minimum atomic E-state index is -4.80. The molecule has 3 atom stereocenters. The van der Waals surface area contributed by atoms with Gasteiger partial charge in [0.2, 0.25) is 6.30 Å². The molecule has 0 bridgehead atoms. The minimum absolute atomic E-state index is 0.0166. The van der Waals surface area contributed by atoms with Crippen LogP contribution in [0.5, 0.6) is 5.75 Å². The standard InChI is InChI=1S/C32H31F5N6O2S/c1-18-15-19(2)27(20(3)16-18)43-21(4)13-14-46-31(43)40-30(44)39-28(34)26(33)22-5-7-23(8-6-22)29-38-17-42(41-29)24-9-11-25(12-10-24)45-32(35,36)37/h5-12,15-17,21,26,28H,13-14H2,1-4H3,(H,39,44)/b40-31-. The molecular weight excluding hydrogens is 627 g/mol. The molecular formula is C32H31F5N6O2S. The van der Waals surface area contributed by atoms with Crippen molar-refractivity contribution in [3.63, 3.8) is 0 Å². The lowest BCUT2D eigenvalue weighted by molar-refractivity contribution is -0.274. The number of amidine groups is 1. The highest BCUT2D eigenvalue weighted by atomic mass is 32.2. The topological polar surface area (TPSA) is 84.6 Å². The first-order valence-corrected chi connectivity index (χ1v) is 15.3. The van der Waals surface area contributed by atoms with Crippen LogP contribution in [0.4, 0.5) is 32.4 Å². The Morgan fingerprint density at radius 2 is 1.70 bits per heavy atom. The fraction of sp³-hybridized carbons (Fsp3) is 0.312. The Bertz CT molecular complexity index is 1700. The van der Waals surface area contributed by atoms with Crippen molar-refractivity contribution in [3.8, 4) is 22.8 Å². The number of urea groups is 1. The van der Waals surface area contributed by atoms with Gasteiger partial charge in [-0.05, 0) is 75.1 Å². The first-order chi connectivity index (χ1) is 21.8. The largest absolute Gasteiger partial charge is 0.573 e. The molecule has 1 aliphatic heterocycles. The Balaban J connectivity index is 1.24. The third-order valence-corrected chi connectivity index (χ3v) is 8.31. The fourth-order valence-corrected chi connectivity index (χ4v) is 6.48. The van der Waals surface area contributed by atoms with E-state index in [0.29, 0.717) is 16.4 Å². The molecule has 1 saturated heterocycles. The summed E-state index contributed by atoms with van der Waals surface area (Å²) in [5.41, 5.74) is 5.04. The number of amides is 2. The average molecular weight is 659 g/mol. The van der Waals surface area contributed by atoms with Crippen molar-refractivity contribution in [2.75, 3.05) is 10.7 Å². The van der Waals surface area contributed by atoms with Gasteiger partial charge >= 0.3 is 12.4 Å². The number of thioether (sulfide) groups is 1. The lowest BCUT2D eigenvalue weighted by atomic mass is 10.0. The van der Waals surface area contributed by atoms with E-state index in [1.54, 1.807) is 0 Å². The second-order valence-corrected chi connectivity index (χ2v) is 12.0. The summed E-state index contributed by atoms with van der Waals surface area (Å²) in [6.07, 6.45) is -7.09. The van der Waals surface area contributed by atoms with E-state index in [1.807, 2.05) is 37.9 Å². The number of anilines is 1. The number of aliphatic imine (C=N–C) groups is 1. The molecule has 0 saturated carbocycles. The second-order valence-electron chi connectivity index (χ2n) is 10.9. The molecule has 0 radical (unpaired) electrons. The molecule has 8 nitrogen and oxygen atoms in total. The summed E-state index contributed by atoms with van der Waals surface area (Å²) in [5.74, 6) is 0.613. The van der Waals surface area contributed by atoms with Crippen LogP contribution >= 0.6 is 11.8 Å². The SMILES string of the molecule is Cc1cc(C)c(N2/C(=N/C(=O)NC(F)C(F)c3ccc(-c4ncn(-c5ccc(OC(F)(F)F)cc5)n4)cc3)SCCC2C)c(C)c1. The van der Waals surface area contributed by atoms with Crippen LogP contribution in [0.25, 0.3) is 17.1 Å². The molecule has 3 unspecified atom stereocenters. The molecule has 2 amide bonds. The lowest BCUT2D eigenvalue weighted by Gasteiger charge is -2.37. The number of hydrogen-bond donors (Lipinski definition) is 1. The number of nitrogens with zero attached hydrogens (tertiary/aromatic N) is 5. The van der Waals surface area contributed by atoms with Crippen LogP contribution in [0.15, 0.2) is 72.0 Å². The smallest absolute Gasteiger partial charge is 0.406 e. The third kappa shape index (κ3) is 7.66. The van der Waals surface area contributed by atoms with Gasteiger partial charge in [-0.2, -0.15) is 4.99 Å². The highest BCUT2D eigenvalue weighted by molar-refractivity contribution is 8.14. The Morgan fingerprint density at radius 3 is 2.33 bits per heavy atom. The van der Waals surface area contributed by atoms with E-state index in [9.17, 15) is 22.4 Å². The number of carbonyl (C=O) groups excluding carboxylic acids is 1. The van der Waals surface area contributed by atoms with Crippen LogP contribution < -0.4 is 15.0 Å². The quantitative estimate of drug-likeness (QED) is 0.159. The number of benzene rings is 3. The Labute approximate surface area is 266 Å². The molecule has 1 aromatic heterocycles. The van der Waals surface area contributed by atoms with Crippen LogP contribution in [0.3, 0.4) is 0 Å². The zero-order chi connectivity index (χ0) is 33.2. The molecule has 3 aromatic carbocycles. The minimum Gasteiger partial charge on any atom is -0.406 e. The maximum atomic E-state index is 15.1. The van der Waals surface area contributed by atoms with E-state index >= 15 is 4.39 Å². The van der Waals surface area contributed by atoms with E-state index in [2.05, 4.69) is 31.9 Å². The summed E-state index contributed by atoms with van der Waals surface area (Å²) in [6.45, 7) is 8.05. The molecule has 0 spiro atoms. The summed E-state index contributed by atoms with van der Waals surface area (Å²) in [6, 6.07) is 14.0. The van der Waals surface area contributed by atoms with Crippen molar-refractivity contribution in [1.29, 1.82) is 0 Å². The van der Waals surface area contributed by atoms with Crippen LogP contribution in [0, 0.1) is 20.8 Å². The molecule has 242 valence electrons. The van der Waals surface area contributed by atoms with Crippen LogP contribution in [0.2, 0.25) is 0 Å². The zero-order valence-corrected chi connectivity index (χ0v) is 26.2. The Morgan fingerprint density at radius 1 is 1.04 bits per heavy atom. The fourth-order valence-electron chi connectivity index (χ4n) is 5.28. The van der Waals surface area contributed by atoms with Crippen molar-refractivity contribution in [2.24, 2.45) is 4.99 Å². The molecule has 2 heterocycles. The molecule has 14 heteroatoms. The van der Waals surface area contributed by atoms with Crippen molar-refractivity contribution in [3.05, 3.63) is 89.2 Å². The molecule has 1 fully saturated rings. The highest BCUT2D eigenvalue weighted by Crippen LogP contribution is 2.35. The molecule has 4 aromatic rings. The maximum absolute atomic E-state index is 15.1. The van der Waals surface area contributed by atoms with Crippen LogP contribution in [0.1, 0.15) is 41.8 Å². The zero-order valence-electron chi connectivity index (χ0n) is 25.3. The summed E-state index contributed by atoms with van der Waals surface area (Å²) in [7, 11) is 0. The number of hydrogen-bond acceptors (Lipinski definition) is 5. The van der Waals surface area contributed by atoms with E-state index in [-0.39, 0.29) is 23.2 Å². The summed E-state index contributed by atoms with van der Waals surface area (Å²) in [4.78, 5) is 23.1. The monoisotopic (exact) mass is 658 g/mol. The number of ether oxygens (including phenoxy) is 1. The molecule has 46 heavy (non-hydrogen) atoms. The van der Waals surface area contributed by atoms with Gasteiger partial charge in [-0.1, -0.05) is 53.7 Å². The van der Waals surface area contributed by atoms with Gasteiger partial charge in [-0.3, -0.25) is 0 Å². The van der Waals surface area contributed by atoms with Gasteiger partial charge in [0, 0.05) is 23.0 Å². The van der Waals surface area contributed by atoms with Gasteiger partial charge in [0.05, 0.1) is 5.69 Å². The van der Waals surface area contributed by atoms with Gasteiger partial charge in [0.1, 0.15) is 12.1 Å². The van der Waals surface area contributed by atoms with Gasteiger partial charge in [-0.15, -0.1) is 18.3 Å². The lowest BCUT2D eigenvalue weighted by Crippen LogP contribution is -2.43. The highest BCUT2D eigenvalue weighted by Gasteiger charge is 2.32. The molecule has 1 N–H and O–H groups in total. The van der Waals surface area contributed by atoms with Crippen molar-refractivity contribution < 1.29 is 31.5 Å². The number of halogens is 5. The first kappa shape index (κ1) is 32.9. The van der Waals surface area contributed by atoms with E-state index in [0.717, 1.165) is 46.7 Å². The van der Waals surface area contributed by atoms with Crippen molar-refractivity contribution in [2.45, 2.75) is 59.0 Å². The number of carbonyl (C=O) groups is 1. The average Bonchev–Trinajstić information content (AvgIpc) is 3.48. The second kappa shape index (κ2) is 13.5. The number of rotatable bonds is 7. The van der Waals surface area contributed by atoms with E-state index in [1.165, 1.54) is 59.2 Å². The van der Waals surface area contributed by atoms with Gasteiger partial charge < -0.3 is 15.0 Å². The van der Waals surface area contributed by atoms with E-state index < -0.39 is 24.9 Å². The van der Waals surface area contributed by atoms with Gasteiger partial charge in [-0.25, -0.2) is 23.2 Å². The number of alkyl halides is 5. The normalized spacial score (nSPS) is 17.5. The van der Waals surface area contributed by atoms with Crippen LogP contribution in [-0.2, 0) is 0 Å². The summed E-state index contributed by atoms with van der Waals surface area (Å²) >= 11 is 1.39. The molecule has 1 aliphatic rings. The molecule has 0 aliphatic carbocycles. The molecule has 5 rings (SSSR count). The van der Waals surface area contributed by atoms with Crippen LogP contribution in [-0.4, -0.2) is 50.4 Å². The van der Waals surface area contributed by atoms with Gasteiger partial charge in [0.15, 0.2) is 17.2 Å². The van der Waals surface area contributed by atoms with Crippen molar-refractivity contribution >= 4 is 28.6 Å². The maximum Gasteiger partial charge on any atom is 0.573 e. The first-order valence-electron chi connectivity index (χ1n) is 14.3. The van der Waals surface area contributed by atoms with Crippen molar-refractivity contribution in [1.82, 2.24) is 20.1 Å². The number of aryl methyl sites for hydroxylation is 3. The Hall–Kier alpha value is -4.46. The summed E-state index contributed by atoms with van der Waals surface area (Å²) < 4.78 is 72.6. The summed E-state index contributed by atoms with van der Waals surface area (Å²) in [5, 5.41) is 6.76. The van der Waals surface area contributed by atoms with Gasteiger partial charge in [0.25, 0.3) is 0 Å². The predicted octanol–water partition coefficient (Wildman–Crippen LogP) is 8.16.